The van der Waals surface area contributed by atoms with Crippen molar-refractivity contribution in [2.75, 3.05) is 5.32 Å². The smallest absolute Gasteiger partial charge is 0.0719 e. The molecule has 1 unspecified atom stereocenters. The number of rotatable bonds is 5. The van der Waals surface area contributed by atoms with Crippen LogP contribution in [0.25, 0.3) is 10.9 Å². The summed E-state index contributed by atoms with van der Waals surface area (Å²) in [6, 6.07) is 20.1. The normalized spacial score (nSPS) is 12.0. The van der Waals surface area contributed by atoms with Gasteiger partial charge < -0.3 is 5.32 Å². The summed E-state index contributed by atoms with van der Waals surface area (Å²) in [6.45, 7) is 3.86. The summed E-state index contributed by atoms with van der Waals surface area (Å²) in [5.41, 5.74) is 3.03. The Morgan fingerprint density at radius 2 is 1.82 bits per heavy atom. The number of aromatic nitrogens is 1. The standard InChI is InChI=1S/C19H17ClN2/c1-2-5-18(21-16-11-9-15(20)10-12-16)19-13-8-14-6-3-4-7-17(14)22-19/h2-4,6-13,18,21H,1,5H2. The molecule has 2 aromatic carbocycles. The molecule has 0 amide bonds. The minimum absolute atomic E-state index is 0.0864. The Labute approximate surface area is 135 Å². The summed E-state index contributed by atoms with van der Waals surface area (Å²) >= 11 is 5.94. The Kier molecular flexibility index (Phi) is 4.40. The van der Waals surface area contributed by atoms with Crippen molar-refractivity contribution in [2.45, 2.75) is 12.5 Å². The summed E-state index contributed by atoms with van der Waals surface area (Å²) in [5, 5.41) is 5.38. The Balaban J connectivity index is 1.91. The Morgan fingerprint density at radius 3 is 2.59 bits per heavy atom. The molecule has 22 heavy (non-hydrogen) atoms. The van der Waals surface area contributed by atoms with Crippen molar-refractivity contribution in [3.8, 4) is 0 Å². The van der Waals surface area contributed by atoms with Gasteiger partial charge in [0, 0.05) is 16.1 Å². The van der Waals surface area contributed by atoms with E-state index in [4.69, 9.17) is 16.6 Å². The number of hydrogen-bond donors (Lipinski definition) is 1. The van der Waals surface area contributed by atoms with Gasteiger partial charge in [0.1, 0.15) is 0 Å². The minimum atomic E-state index is 0.0864. The third-order valence-electron chi connectivity index (χ3n) is 3.56. The highest BCUT2D eigenvalue weighted by atomic mass is 35.5. The molecule has 0 saturated heterocycles. The molecular formula is C19H17ClN2. The third-order valence-corrected chi connectivity index (χ3v) is 3.82. The molecule has 0 aliphatic carbocycles. The van der Waals surface area contributed by atoms with E-state index in [2.05, 4.69) is 30.1 Å². The van der Waals surface area contributed by atoms with Gasteiger partial charge in [0.15, 0.2) is 0 Å². The first-order chi connectivity index (χ1) is 10.8. The van der Waals surface area contributed by atoms with E-state index < -0.39 is 0 Å². The van der Waals surface area contributed by atoms with Crippen LogP contribution in [-0.4, -0.2) is 4.98 Å². The fourth-order valence-electron chi connectivity index (χ4n) is 2.44. The van der Waals surface area contributed by atoms with Crippen LogP contribution in [0.5, 0.6) is 0 Å². The van der Waals surface area contributed by atoms with Crippen molar-refractivity contribution in [3.05, 3.63) is 84.0 Å². The molecule has 1 aromatic heterocycles. The summed E-state index contributed by atoms with van der Waals surface area (Å²) in [6.07, 6.45) is 2.71. The molecule has 2 nitrogen and oxygen atoms in total. The zero-order valence-corrected chi connectivity index (χ0v) is 12.9. The lowest BCUT2D eigenvalue weighted by Gasteiger charge is -2.18. The molecule has 0 bridgehead atoms. The lowest BCUT2D eigenvalue weighted by Crippen LogP contribution is -2.11. The Morgan fingerprint density at radius 1 is 1.05 bits per heavy atom. The number of anilines is 1. The molecule has 0 fully saturated rings. The van der Waals surface area contributed by atoms with E-state index in [0.717, 1.165) is 33.7 Å². The minimum Gasteiger partial charge on any atom is -0.376 e. The average Bonchev–Trinajstić information content (AvgIpc) is 2.56. The van der Waals surface area contributed by atoms with Gasteiger partial charge in [0.2, 0.25) is 0 Å². The first-order valence-electron chi connectivity index (χ1n) is 7.25. The molecule has 0 saturated carbocycles. The Bertz CT molecular complexity index is 781. The van der Waals surface area contributed by atoms with E-state index in [-0.39, 0.29) is 6.04 Å². The lowest BCUT2D eigenvalue weighted by molar-refractivity contribution is 0.771. The van der Waals surface area contributed by atoms with Crippen LogP contribution in [-0.2, 0) is 0 Å². The monoisotopic (exact) mass is 308 g/mol. The van der Waals surface area contributed by atoms with Crippen molar-refractivity contribution < 1.29 is 0 Å². The third kappa shape index (κ3) is 3.29. The highest BCUT2D eigenvalue weighted by Crippen LogP contribution is 2.24. The van der Waals surface area contributed by atoms with Gasteiger partial charge in [-0.1, -0.05) is 41.9 Å². The zero-order valence-electron chi connectivity index (χ0n) is 12.2. The van der Waals surface area contributed by atoms with Gasteiger partial charge in [0.05, 0.1) is 17.3 Å². The van der Waals surface area contributed by atoms with Crippen LogP contribution in [0.2, 0.25) is 5.02 Å². The predicted octanol–water partition coefficient (Wildman–Crippen LogP) is 5.62. The zero-order chi connectivity index (χ0) is 15.4. The number of benzene rings is 2. The van der Waals surface area contributed by atoms with Crippen molar-refractivity contribution in [1.82, 2.24) is 4.98 Å². The van der Waals surface area contributed by atoms with Crippen molar-refractivity contribution >= 4 is 28.2 Å². The van der Waals surface area contributed by atoms with E-state index in [0.29, 0.717) is 0 Å². The maximum atomic E-state index is 5.94. The summed E-state index contributed by atoms with van der Waals surface area (Å²) in [7, 11) is 0. The molecule has 1 N–H and O–H groups in total. The topological polar surface area (TPSA) is 24.9 Å². The molecular weight excluding hydrogens is 292 g/mol. The van der Waals surface area contributed by atoms with Crippen LogP contribution in [0, 0.1) is 0 Å². The Hall–Kier alpha value is -2.32. The number of para-hydroxylation sites is 1. The largest absolute Gasteiger partial charge is 0.376 e. The van der Waals surface area contributed by atoms with Gasteiger partial charge in [0.25, 0.3) is 0 Å². The molecule has 0 aliphatic rings. The summed E-state index contributed by atoms with van der Waals surface area (Å²) in [5.74, 6) is 0. The number of hydrogen-bond acceptors (Lipinski definition) is 2. The molecule has 1 heterocycles. The van der Waals surface area contributed by atoms with Gasteiger partial charge in [-0.15, -0.1) is 6.58 Å². The second-order valence-corrected chi connectivity index (χ2v) is 5.59. The molecule has 0 radical (unpaired) electrons. The SMILES string of the molecule is C=CCC(Nc1ccc(Cl)cc1)c1ccc2ccccc2n1. The van der Waals surface area contributed by atoms with E-state index >= 15 is 0 Å². The summed E-state index contributed by atoms with van der Waals surface area (Å²) in [4.78, 5) is 4.77. The number of halogens is 1. The van der Waals surface area contributed by atoms with Crippen LogP contribution in [0.4, 0.5) is 5.69 Å². The number of pyridine rings is 1. The second kappa shape index (κ2) is 6.63. The second-order valence-electron chi connectivity index (χ2n) is 5.16. The van der Waals surface area contributed by atoms with Crippen LogP contribution in [0.15, 0.2) is 73.3 Å². The first kappa shape index (κ1) is 14.6. The van der Waals surface area contributed by atoms with E-state index in [1.165, 1.54) is 0 Å². The van der Waals surface area contributed by atoms with Crippen molar-refractivity contribution in [2.24, 2.45) is 0 Å². The van der Waals surface area contributed by atoms with Gasteiger partial charge in [-0.25, -0.2) is 0 Å². The van der Waals surface area contributed by atoms with Crippen LogP contribution >= 0.6 is 11.6 Å². The first-order valence-corrected chi connectivity index (χ1v) is 7.63. The molecule has 1 atom stereocenters. The number of fused-ring (bicyclic) bond motifs is 1. The van der Waals surface area contributed by atoms with E-state index in [9.17, 15) is 0 Å². The van der Waals surface area contributed by atoms with Crippen LogP contribution in [0.3, 0.4) is 0 Å². The fourth-order valence-corrected chi connectivity index (χ4v) is 2.57. The average molecular weight is 309 g/mol. The van der Waals surface area contributed by atoms with Gasteiger partial charge in [-0.3, -0.25) is 4.98 Å². The lowest BCUT2D eigenvalue weighted by atomic mass is 10.1. The fraction of sp³-hybridized carbons (Fsp3) is 0.105. The highest BCUT2D eigenvalue weighted by Gasteiger charge is 2.12. The molecule has 3 heteroatoms. The van der Waals surface area contributed by atoms with Gasteiger partial charge in [-0.2, -0.15) is 0 Å². The molecule has 3 rings (SSSR count). The van der Waals surface area contributed by atoms with Crippen molar-refractivity contribution in [1.29, 1.82) is 0 Å². The van der Waals surface area contributed by atoms with E-state index in [1.54, 1.807) is 0 Å². The maximum Gasteiger partial charge on any atom is 0.0719 e. The van der Waals surface area contributed by atoms with Crippen LogP contribution < -0.4 is 5.32 Å². The predicted molar refractivity (Wildman–Crippen MR) is 94.4 cm³/mol. The van der Waals surface area contributed by atoms with Crippen LogP contribution in [0.1, 0.15) is 18.2 Å². The van der Waals surface area contributed by atoms with Gasteiger partial charge in [-0.05, 0) is 42.8 Å². The van der Waals surface area contributed by atoms with E-state index in [1.807, 2.05) is 48.5 Å². The van der Waals surface area contributed by atoms with Crippen molar-refractivity contribution in [3.63, 3.8) is 0 Å². The maximum absolute atomic E-state index is 5.94. The van der Waals surface area contributed by atoms with Gasteiger partial charge >= 0.3 is 0 Å². The molecule has 3 aromatic rings. The number of nitrogens with zero attached hydrogens (tertiary/aromatic N) is 1. The molecule has 0 spiro atoms. The molecule has 0 aliphatic heterocycles. The summed E-state index contributed by atoms with van der Waals surface area (Å²) < 4.78 is 0. The quantitative estimate of drug-likeness (QED) is 0.619. The molecule has 110 valence electrons. The highest BCUT2D eigenvalue weighted by molar-refractivity contribution is 6.30. The number of nitrogens with one attached hydrogen (secondary N) is 1.